The molecule has 0 bridgehead atoms. The Morgan fingerprint density at radius 2 is 1.92 bits per heavy atom. The van der Waals surface area contributed by atoms with E-state index in [-0.39, 0.29) is 0 Å². The average Bonchev–Trinajstić information content (AvgIpc) is 3.03. The van der Waals surface area contributed by atoms with Crippen LogP contribution in [0.15, 0.2) is 41.4 Å². The summed E-state index contributed by atoms with van der Waals surface area (Å²) in [6, 6.07) is 12.6. The monoisotopic (exact) mass is 345 g/mol. The van der Waals surface area contributed by atoms with E-state index in [9.17, 15) is 0 Å². The lowest BCUT2D eigenvalue weighted by atomic mass is 9.98. The van der Waals surface area contributed by atoms with Crippen LogP contribution >= 0.6 is 11.3 Å². The van der Waals surface area contributed by atoms with E-state index in [1.807, 2.05) is 30.5 Å². The smallest absolute Gasteiger partial charge is 0.191 e. The molecule has 0 aliphatic rings. The first-order valence-electron chi connectivity index (χ1n) is 8.26. The highest BCUT2D eigenvalue weighted by atomic mass is 32.1. The van der Waals surface area contributed by atoms with Crippen molar-refractivity contribution < 1.29 is 4.74 Å². The molecule has 5 heteroatoms. The zero-order valence-corrected chi connectivity index (χ0v) is 15.7. The zero-order valence-electron chi connectivity index (χ0n) is 14.9. The number of guanidine groups is 1. The molecule has 2 aromatic rings. The highest BCUT2D eigenvalue weighted by Gasteiger charge is 2.06. The van der Waals surface area contributed by atoms with Crippen molar-refractivity contribution in [3.63, 3.8) is 0 Å². The average molecular weight is 346 g/mol. The Kier molecular flexibility index (Phi) is 7.12. The Labute approximate surface area is 149 Å². The van der Waals surface area contributed by atoms with Crippen LogP contribution < -0.4 is 15.4 Å². The molecular formula is C19H27N3OS. The number of rotatable bonds is 7. The van der Waals surface area contributed by atoms with Crippen LogP contribution in [0.5, 0.6) is 5.75 Å². The highest BCUT2D eigenvalue weighted by Crippen LogP contribution is 2.21. The fourth-order valence-corrected chi connectivity index (χ4v) is 3.31. The van der Waals surface area contributed by atoms with E-state index >= 15 is 0 Å². The maximum absolute atomic E-state index is 5.21. The molecule has 0 spiro atoms. The number of hydrogen-bond donors (Lipinski definition) is 2. The first kappa shape index (κ1) is 18.3. The van der Waals surface area contributed by atoms with Gasteiger partial charge in [0.2, 0.25) is 0 Å². The van der Waals surface area contributed by atoms with Crippen molar-refractivity contribution in [3.8, 4) is 5.75 Å². The summed E-state index contributed by atoms with van der Waals surface area (Å²) in [5, 5.41) is 6.75. The predicted molar refractivity (Wildman–Crippen MR) is 103 cm³/mol. The maximum Gasteiger partial charge on any atom is 0.191 e. The second-order valence-corrected chi connectivity index (χ2v) is 7.20. The van der Waals surface area contributed by atoms with Gasteiger partial charge in [0.1, 0.15) is 5.75 Å². The lowest BCUT2D eigenvalue weighted by molar-refractivity contribution is 0.414. The topological polar surface area (TPSA) is 45.7 Å². The van der Waals surface area contributed by atoms with Gasteiger partial charge in [-0.15, -0.1) is 11.3 Å². The Hall–Kier alpha value is -2.01. The molecule has 0 radical (unpaired) electrons. The summed E-state index contributed by atoms with van der Waals surface area (Å²) in [6.07, 6.45) is 1.05. The molecule has 130 valence electrons. The van der Waals surface area contributed by atoms with E-state index in [4.69, 9.17) is 4.74 Å². The van der Waals surface area contributed by atoms with Crippen molar-refractivity contribution in [2.75, 3.05) is 20.7 Å². The molecule has 1 heterocycles. The fourth-order valence-electron chi connectivity index (χ4n) is 2.48. The number of methoxy groups -OCH3 is 1. The summed E-state index contributed by atoms with van der Waals surface area (Å²) in [7, 11) is 3.50. The fraction of sp³-hybridized carbons (Fsp3) is 0.421. The van der Waals surface area contributed by atoms with Crippen LogP contribution in [0.3, 0.4) is 0 Å². The molecule has 1 atom stereocenters. The molecule has 0 amide bonds. The number of ether oxygens (including phenoxy) is 1. The van der Waals surface area contributed by atoms with Gasteiger partial charge < -0.3 is 15.4 Å². The molecular weight excluding hydrogens is 318 g/mol. The third-order valence-electron chi connectivity index (χ3n) is 4.00. The second-order valence-electron chi connectivity index (χ2n) is 5.83. The molecule has 2 N–H and O–H groups in total. The zero-order chi connectivity index (χ0) is 17.4. The minimum atomic E-state index is 0.487. The summed E-state index contributed by atoms with van der Waals surface area (Å²) in [6.45, 7) is 6.07. The first-order chi connectivity index (χ1) is 11.6. The molecule has 1 aromatic carbocycles. The van der Waals surface area contributed by atoms with E-state index < -0.39 is 0 Å². The third kappa shape index (κ3) is 5.57. The third-order valence-corrected chi connectivity index (χ3v) is 5.00. The van der Waals surface area contributed by atoms with Gasteiger partial charge in [-0.2, -0.15) is 0 Å². The Morgan fingerprint density at radius 3 is 2.50 bits per heavy atom. The van der Waals surface area contributed by atoms with Crippen LogP contribution in [0.25, 0.3) is 0 Å². The first-order valence-corrected chi connectivity index (χ1v) is 9.07. The molecule has 24 heavy (non-hydrogen) atoms. The normalized spacial score (nSPS) is 12.8. The van der Waals surface area contributed by atoms with Gasteiger partial charge in [0.05, 0.1) is 13.7 Å². The molecule has 0 aliphatic carbocycles. The van der Waals surface area contributed by atoms with Gasteiger partial charge in [-0.3, -0.25) is 4.99 Å². The Balaban J connectivity index is 1.74. The minimum Gasteiger partial charge on any atom is -0.497 e. The van der Waals surface area contributed by atoms with Crippen LogP contribution in [0.2, 0.25) is 0 Å². The van der Waals surface area contributed by atoms with Gasteiger partial charge in [-0.25, -0.2) is 0 Å². The standard InChI is InChI=1S/C19H27N3OS/c1-14(16-6-8-17(23-4)9-7-16)11-12-21-19(20-3)22-13-18-10-5-15(2)24-18/h5-10,14H,11-13H2,1-4H3,(H2,20,21,22). The molecule has 0 fully saturated rings. The van der Waals surface area contributed by atoms with Gasteiger partial charge in [-0.1, -0.05) is 19.1 Å². The van der Waals surface area contributed by atoms with Gasteiger partial charge in [-0.05, 0) is 49.1 Å². The van der Waals surface area contributed by atoms with Gasteiger partial charge in [0.15, 0.2) is 5.96 Å². The number of thiophene rings is 1. The minimum absolute atomic E-state index is 0.487. The molecule has 1 aromatic heterocycles. The van der Waals surface area contributed by atoms with Crippen LogP contribution in [-0.2, 0) is 6.54 Å². The number of benzene rings is 1. The number of aliphatic imine (C=N–C) groups is 1. The van der Waals surface area contributed by atoms with Gasteiger partial charge in [0, 0.05) is 23.3 Å². The van der Waals surface area contributed by atoms with Crippen LogP contribution in [0.1, 0.15) is 34.6 Å². The predicted octanol–water partition coefficient (Wildman–Crippen LogP) is 3.92. The van der Waals surface area contributed by atoms with Crippen molar-refractivity contribution in [2.45, 2.75) is 32.7 Å². The van der Waals surface area contributed by atoms with E-state index in [2.05, 4.69) is 53.7 Å². The number of nitrogens with one attached hydrogen (secondary N) is 2. The lowest BCUT2D eigenvalue weighted by Gasteiger charge is -2.15. The van der Waals surface area contributed by atoms with Crippen molar-refractivity contribution >= 4 is 17.3 Å². The van der Waals surface area contributed by atoms with Crippen LogP contribution in [0.4, 0.5) is 0 Å². The van der Waals surface area contributed by atoms with Crippen LogP contribution in [-0.4, -0.2) is 26.7 Å². The summed E-state index contributed by atoms with van der Waals surface area (Å²) in [5.74, 6) is 2.24. The van der Waals surface area contributed by atoms with E-state index in [0.29, 0.717) is 5.92 Å². The molecule has 1 unspecified atom stereocenters. The van der Waals surface area contributed by atoms with Crippen molar-refractivity contribution in [3.05, 3.63) is 51.7 Å². The quantitative estimate of drug-likeness (QED) is 0.590. The van der Waals surface area contributed by atoms with Gasteiger partial charge in [0.25, 0.3) is 0 Å². The molecule has 0 saturated heterocycles. The molecule has 2 rings (SSSR count). The lowest BCUT2D eigenvalue weighted by Crippen LogP contribution is -2.37. The summed E-state index contributed by atoms with van der Waals surface area (Å²) in [4.78, 5) is 6.94. The van der Waals surface area contributed by atoms with Crippen molar-refractivity contribution in [1.82, 2.24) is 10.6 Å². The number of nitrogens with zero attached hydrogens (tertiary/aromatic N) is 1. The van der Waals surface area contributed by atoms with Crippen molar-refractivity contribution in [2.24, 2.45) is 4.99 Å². The SMILES string of the molecule is CN=C(NCCC(C)c1ccc(OC)cc1)NCc1ccc(C)s1. The van der Waals surface area contributed by atoms with Crippen molar-refractivity contribution in [1.29, 1.82) is 0 Å². The largest absolute Gasteiger partial charge is 0.497 e. The summed E-state index contributed by atoms with van der Waals surface area (Å²) in [5.41, 5.74) is 1.33. The second kappa shape index (κ2) is 9.33. The van der Waals surface area contributed by atoms with E-state index in [1.54, 1.807) is 7.11 Å². The molecule has 4 nitrogen and oxygen atoms in total. The summed E-state index contributed by atoms with van der Waals surface area (Å²) >= 11 is 1.81. The highest BCUT2D eigenvalue weighted by molar-refractivity contribution is 7.11. The Morgan fingerprint density at radius 1 is 1.17 bits per heavy atom. The maximum atomic E-state index is 5.21. The van der Waals surface area contributed by atoms with Crippen LogP contribution in [0, 0.1) is 6.92 Å². The number of aryl methyl sites for hydroxylation is 1. The van der Waals surface area contributed by atoms with E-state index in [1.165, 1.54) is 15.3 Å². The summed E-state index contributed by atoms with van der Waals surface area (Å²) < 4.78 is 5.21. The van der Waals surface area contributed by atoms with Gasteiger partial charge >= 0.3 is 0 Å². The Bertz CT molecular complexity index is 649. The molecule has 0 saturated carbocycles. The van der Waals surface area contributed by atoms with E-state index in [0.717, 1.165) is 31.2 Å². The molecule has 0 aliphatic heterocycles. The number of hydrogen-bond acceptors (Lipinski definition) is 3.